The summed E-state index contributed by atoms with van der Waals surface area (Å²) in [5, 5.41) is 8.57. The number of ether oxygens (including phenoxy) is 1. The molecule has 0 atom stereocenters. The van der Waals surface area contributed by atoms with Gasteiger partial charge < -0.3 is 19.3 Å². The van der Waals surface area contributed by atoms with Crippen LogP contribution in [0, 0.1) is 5.41 Å². The predicted octanol–water partition coefficient (Wildman–Crippen LogP) is 5.48. The summed E-state index contributed by atoms with van der Waals surface area (Å²) in [7, 11) is 0. The maximum absolute atomic E-state index is 12.8. The number of aryl methyl sites for hydroxylation is 2. The van der Waals surface area contributed by atoms with E-state index in [1.165, 1.54) is 0 Å². The molecule has 2 aromatic rings. The van der Waals surface area contributed by atoms with E-state index < -0.39 is 12.1 Å². The van der Waals surface area contributed by atoms with Gasteiger partial charge in [-0.25, -0.2) is 0 Å². The van der Waals surface area contributed by atoms with E-state index in [0.717, 1.165) is 43.0 Å². The number of carbonyl (C=O) groups is 1. The maximum atomic E-state index is 12.8. The zero-order valence-electron chi connectivity index (χ0n) is 18.7. The predicted molar refractivity (Wildman–Crippen MR) is 125 cm³/mol. The summed E-state index contributed by atoms with van der Waals surface area (Å²) in [6, 6.07) is 7.15. The lowest BCUT2D eigenvalue weighted by molar-refractivity contribution is -0.169. The number of hydrogen-bond acceptors (Lipinski definition) is 3. The van der Waals surface area contributed by atoms with Gasteiger partial charge in [0, 0.05) is 36.5 Å². The number of benzene rings is 1. The first-order valence-electron chi connectivity index (χ1n) is 11.0. The number of aromatic nitrogens is 2. The van der Waals surface area contributed by atoms with Crippen LogP contribution in [0.5, 0.6) is 5.75 Å². The Bertz CT molecular complexity index is 965. The fourth-order valence-corrected chi connectivity index (χ4v) is 3.62. The standard InChI is InChI=1S/C23H30BrF3N4O2/c1-18(28)19-8-10-20(11-9-19)33-17-7-14-31-16-15-30(13-6-4-2-3-5-12-24)22(31)29-21(32)23(25,26)27/h8-11,15-16,28H,2-7,12-14,17H2,1H3. The van der Waals surface area contributed by atoms with Gasteiger partial charge in [0.2, 0.25) is 5.62 Å². The lowest BCUT2D eigenvalue weighted by Crippen LogP contribution is -2.31. The van der Waals surface area contributed by atoms with Crippen LogP contribution in [0.4, 0.5) is 13.2 Å². The van der Waals surface area contributed by atoms with Crippen LogP contribution in [0.25, 0.3) is 0 Å². The van der Waals surface area contributed by atoms with Crippen LogP contribution in [-0.4, -0.2) is 38.9 Å². The summed E-state index contributed by atoms with van der Waals surface area (Å²) >= 11 is 3.39. The Balaban J connectivity index is 1.99. The lowest BCUT2D eigenvalue weighted by atomic mass is 10.1. The number of hydrogen-bond donors (Lipinski definition) is 1. The molecule has 33 heavy (non-hydrogen) atoms. The summed E-state index contributed by atoms with van der Waals surface area (Å²) in [6.45, 7) is 2.91. The van der Waals surface area contributed by atoms with Crippen molar-refractivity contribution in [3.05, 3.63) is 47.8 Å². The van der Waals surface area contributed by atoms with Gasteiger partial charge in [-0.3, -0.25) is 4.79 Å². The number of unbranched alkanes of at least 4 members (excludes halogenated alkanes) is 4. The van der Waals surface area contributed by atoms with E-state index >= 15 is 0 Å². The van der Waals surface area contributed by atoms with E-state index in [9.17, 15) is 18.0 Å². The average molecular weight is 531 g/mol. The minimum Gasteiger partial charge on any atom is -0.494 e. The van der Waals surface area contributed by atoms with Crippen LogP contribution in [0.1, 0.15) is 51.0 Å². The molecule has 0 aliphatic heterocycles. The van der Waals surface area contributed by atoms with Crippen molar-refractivity contribution < 1.29 is 22.7 Å². The Morgan fingerprint density at radius 1 is 1.00 bits per heavy atom. The molecule has 0 fully saturated rings. The highest BCUT2D eigenvalue weighted by molar-refractivity contribution is 9.09. The molecular weight excluding hydrogens is 501 g/mol. The topological polar surface area (TPSA) is 72.4 Å². The van der Waals surface area contributed by atoms with Gasteiger partial charge in [-0.05, 0) is 56.0 Å². The van der Waals surface area contributed by atoms with Crippen LogP contribution >= 0.6 is 15.9 Å². The third-order valence-corrected chi connectivity index (χ3v) is 5.58. The quantitative estimate of drug-likeness (QED) is 0.211. The molecule has 1 amide bonds. The van der Waals surface area contributed by atoms with Crippen molar-refractivity contribution in [3.8, 4) is 5.75 Å². The molecule has 0 saturated carbocycles. The Morgan fingerprint density at radius 3 is 2.15 bits per heavy atom. The highest BCUT2D eigenvalue weighted by atomic mass is 79.9. The van der Waals surface area contributed by atoms with Gasteiger partial charge in [0.1, 0.15) is 5.75 Å². The van der Waals surface area contributed by atoms with Crippen molar-refractivity contribution in [2.75, 3.05) is 11.9 Å². The minimum absolute atomic E-state index is 0.00333. The summed E-state index contributed by atoms with van der Waals surface area (Å²) in [5.74, 6) is -1.45. The molecule has 2 rings (SSSR count). The van der Waals surface area contributed by atoms with E-state index in [1.54, 1.807) is 52.7 Å². The monoisotopic (exact) mass is 530 g/mol. The SMILES string of the molecule is CC(=N)c1ccc(OCCCn2ccn(CCCCCCCBr)c2=NC(=O)C(F)(F)F)cc1. The number of amides is 1. The van der Waals surface area contributed by atoms with Gasteiger partial charge in [-0.1, -0.05) is 35.2 Å². The van der Waals surface area contributed by atoms with Crippen molar-refractivity contribution >= 4 is 27.5 Å². The lowest BCUT2D eigenvalue weighted by Gasteiger charge is -2.09. The Labute approximate surface area is 200 Å². The Morgan fingerprint density at radius 2 is 1.58 bits per heavy atom. The van der Waals surface area contributed by atoms with Crippen LogP contribution < -0.4 is 10.4 Å². The smallest absolute Gasteiger partial charge is 0.473 e. The van der Waals surface area contributed by atoms with Crippen molar-refractivity contribution in [2.24, 2.45) is 4.99 Å². The van der Waals surface area contributed by atoms with E-state index in [4.69, 9.17) is 10.1 Å². The fraction of sp³-hybridized carbons (Fsp3) is 0.522. The second-order valence-corrected chi connectivity index (χ2v) is 8.50. The summed E-state index contributed by atoms with van der Waals surface area (Å²) in [6.07, 6.45) is 3.84. The van der Waals surface area contributed by atoms with Crippen LogP contribution in [0.2, 0.25) is 0 Å². The number of rotatable bonds is 13. The summed E-state index contributed by atoms with van der Waals surface area (Å²) in [4.78, 5) is 14.9. The van der Waals surface area contributed by atoms with E-state index in [1.807, 2.05) is 0 Å². The molecular formula is C23H30BrF3N4O2. The molecule has 1 heterocycles. The van der Waals surface area contributed by atoms with Gasteiger partial charge in [0.25, 0.3) is 0 Å². The molecule has 0 radical (unpaired) electrons. The van der Waals surface area contributed by atoms with Crippen LogP contribution in [0.3, 0.4) is 0 Å². The molecule has 10 heteroatoms. The first-order valence-corrected chi connectivity index (χ1v) is 12.1. The first-order chi connectivity index (χ1) is 15.7. The fourth-order valence-electron chi connectivity index (χ4n) is 3.22. The second kappa shape index (κ2) is 13.4. The van der Waals surface area contributed by atoms with Crippen molar-refractivity contribution in [1.82, 2.24) is 9.13 Å². The minimum atomic E-state index is -5.01. The van der Waals surface area contributed by atoms with Crippen molar-refractivity contribution in [1.29, 1.82) is 5.41 Å². The number of nitrogens with one attached hydrogen (secondary N) is 1. The Kier molecular flexibility index (Phi) is 10.9. The maximum Gasteiger partial charge on any atom is 0.473 e. The summed E-state index contributed by atoms with van der Waals surface area (Å²) in [5.41, 5.74) is 1.28. The normalized spacial score (nSPS) is 12.2. The molecule has 0 bridgehead atoms. The number of imidazole rings is 1. The molecule has 0 aliphatic rings. The first kappa shape index (κ1) is 26.9. The largest absolute Gasteiger partial charge is 0.494 e. The van der Waals surface area contributed by atoms with E-state index in [-0.39, 0.29) is 5.62 Å². The zero-order chi connectivity index (χ0) is 24.3. The van der Waals surface area contributed by atoms with E-state index in [0.29, 0.717) is 37.6 Å². The van der Waals surface area contributed by atoms with Gasteiger partial charge >= 0.3 is 12.1 Å². The van der Waals surface area contributed by atoms with Crippen LogP contribution in [0.15, 0.2) is 41.7 Å². The molecule has 1 aromatic carbocycles. The van der Waals surface area contributed by atoms with Crippen LogP contribution in [-0.2, 0) is 17.9 Å². The van der Waals surface area contributed by atoms with Gasteiger partial charge in [0.05, 0.1) is 6.61 Å². The zero-order valence-corrected chi connectivity index (χ0v) is 20.3. The number of alkyl halides is 4. The molecule has 6 nitrogen and oxygen atoms in total. The Hall–Kier alpha value is -2.36. The average Bonchev–Trinajstić information content (AvgIpc) is 3.14. The van der Waals surface area contributed by atoms with Crippen molar-refractivity contribution in [2.45, 2.75) is 64.7 Å². The molecule has 0 aliphatic carbocycles. The summed E-state index contributed by atoms with van der Waals surface area (Å²) < 4.78 is 47.3. The highest BCUT2D eigenvalue weighted by Crippen LogP contribution is 2.16. The van der Waals surface area contributed by atoms with Gasteiger partial charge in [0.15, 0.2) is 0 Å². The van der Waals surface area contributed by atoms with Gasteiger partial charge in [-0.2, -0.15) is 18.2 Å². The number of halogens is 4. The van der Waals surface area contributed by atoms with E-state index in [2.05, 4.69) is 20.9 Å². The molecule has 0 spiro atoms. The molecule has 1 aromatic heterocycles. The molecule has 0 saturated heterocycles. The number of carbonyl (C=O) groups excluding carboxylic acids is 1. The van der Waals surface area contributed by atoms with Crippen molar-refractivity contribution in [3.63, 3.8) is 0 Å². The molecule has 1 N–H and O–H groups in total. The third kappa shape index (κ3) is 9.19. The molecule has 0 unspecified atom stereocenters. The third-order valence-electron chi connectivity index (χ3n) is 5.02. The highest BCUT2D eigenvalue weighted by Gasteiger charge is 2.38. The number of nitrogens with zero attached hydrogens (tertiary/aromatic N) is 3. The van der Waals surface area contributed by atoms with Gasteiger partial charge in [-0.15, -0.1) is 0 Å². The second-order valence-electron chi connectivity index (χ2n) is 7.71. The molecule has 182 valence electrons.